The van der Waals surface area contributed by atoms with Gasteiger partial charge in [0.25, 0.3) is 5.91 Å². The highest BCUT2D eigenvalue weighted by atomic mass is 35.5. The Hall–Kier alpha value is -2.56. The van der Waals surface area contributed by atoms with Crippen LogP contribution in [-0.2, 0) is 11.0 Å². The number of amides is 1. The third kappa shape index (κ3) is 5.39. The summed E-state index contributed by atoms with van der Waals surface area (Å²) in [5.74, 6) is -1.39. The van der Waals surface area contributed by atoms with Crippen molar-refractivity contribution in [2.75, 3.05) is 6.54 Å². The highest BCUT2D eigenvalue weighted by Gasteiger charge is 2.54. The van der Waals surface area contributed by atoms with Crippen molar-refractivity contribution < 1.29 is 22.4 Å². The molecule has 34 heavy (non-hydrogen) atoms. The maximum Gasteiger partial charge on any atom is 0.401 e. The minimum Gasteiger partial charge on any atom is -0.349 e. The summed E-state index contributed by atoms with van der Waals surface area (Å²) in [5, 5.41) is 4.23. The van der Waals surface area contributed by atoms with Crippen molar-refractivity contribution in [3.8, 4) is 11.3 Å². The summed E-state index contributed by atoms with van der Waals surface area (Å²) in [5.41, 5.74) is 3.18. The molecule has 3 aromatic rings. The minimum atomic E-state index is -4.78. The van der Waals surface area contributed by atoms with Gasteiger partial charge in [-0.1, -0.05) is 11.6 Å². The summed E-state index contributed by atoms with van der Waals surface area (Å²) in [6.07, 6.45) is -4.78. The van der Waals surface area contributed by atoms with Gasteiger partial charge in [0.2, 0.25) is 0 Å². The zero-order valence-corrected chi connectivity index (χ0v) is 20.4. The zero-order chi connectivity index (χ0) is 25.5. The van der Waals surface area contributed by atoms with Gasteiger partial charge in [-0.25, -0.2) is 9.37 Å². The van der Waals surface area contributed by atoms with E-state index in [1.807, 2.05) is 0 Å². The van der Waals surface area contributed by atoms with Gasteiger partial charge in [0.1, 0.15) is 16.9 Å². The van der Waals surface area contributed by atoms with E-state index in [-0.39, 0.29) is 22.1 Å². The van der Waals surface area contributed by atoms with Crippen molar-refractivity contribution in [2.45, 2.75) is 44.8 Å². The molecule has 182 valence electrons. The number of benzene rings is 1. The number of aryl methyl sites for hydroxylation is 1. The van der Waals surface area contributed by atoms with Gasteiger partial charge >= 0.3 is 6.18 Å². The Bertz CT molecular complexity index is 1220. The second-order valence-corrected chi connectivity index (χ2v) is 10.2. The molecule has 0 aliphatic rings. The van der Waals surface area contributed by atoms with E-state index in [1.165, 1.54) is 34.9 Å². The van der Waals surface area contributed by atoms with Crippen LogP contribution >= 0.6 is 22.9 Å². The van der Waals surface area contributed by atoms with Crippen molar-refractivity contribution in [1.82, 2.24) is 15.3 Å². The molecule has 0 aliphatic carbocycles. The maximum atomic E-state index is 14.4. The quantitative estimate of drug-likeness (QED) is 0.410. The number of carbonyl (C=O) groups excluding carboxylic acids is 1. The maximum absolute atomic E-state index is 14.4. The van der Waals surface area contributed by atoms with Crippen LogP contribution in [0.3, 0.4) is 0 Å². The molecule has 11 heteroatoms. The fraction of sp³-hybridized carbons (Fsp3) is 0.348. The SMILES string of the molecule is Cc1nc(C(=O)NCC(C)(c2cc(C(C)(C)N)cc(-c3ccc(F)c(Cl)c3)n2)C(F)(F)F)cs1. The average Bonchev–Trinajstić information content (AvgIpc) is 3.18. The molecule has 0 fully saturated rings. The molecule has 0 radical (unpaired) electrons. The summed E-state index contributed by atoms with van der Waals surface area (Å²) in [4.78, 5) is 20.7. The first-order chi connectivity index (χ1) is 15.6. The molecule has 1 atom stereocenters. The normalized spacial score (nSPS) is 14.1. The number of hydrogen-bond donors (Lipinski definition) is 2. The Morgan fingerprint density at radius 3 is 2.35 bits per heavy atom. The lowest BCUT2D eigenvalue weighted by atomic mass is 9.82. The second kappa shape index (κ2) is 9.24. The van der Waals surface area contributed by atoms with Gasteiger partial charge in [0.05, 0.1) is 21.4 Å². The number of alkyl halides is 3. The van der Waals surface area contributed by atoms with Crippen LogP contribution in [-0.4, -0.2) is 28.6 Å². The Morgan fingerprint density at radius 2 is 1.82 bits per heavy atom. The monoisotopic (exact) mass is 514 g/mol. The number of nitrogens with one attached hydrogen (secondary N) is 1. The largest absolute Gasteiger partial charge is 0.401 e. The number of hydrogen-bond acceptors (Lipinski definition) is 5. The molecular weight excluding hydrogens is 492 g/mol. The number of halogens is 5. The minimum absolute atomic E-state index is 0.0402. The van der Waals surface area contributed by atoms with Gasteiger partial charge in [-0.05, 0) is 63.6 Å². The summed E-state index contributed by atoms with van der Waals surface area (Å²) >= 11 is 7.10. The van der Waals surface area contributed by atoms with Crippen LogP contribution in [0.5, 0.6) is 0 Å². The van der Waals surface area contributed by atoms with Gasteiger partial charge in [-0.3, -0.25) is 9.78 Å². The second-order valence-electron chi connectivity index (χ2n) is 8.74. The smallest absolute Gasteiger partial charge is 0.349 e. The number of carbonyl (C=O) groups is 1. The third-order valence-corrected chi connectivity index (χ3v) is 6.49. The highest BCUT2D eigenvalue weighted by Crippen LogP contribution is 2.41. The topological polar surface area (TPSA) is 80.9 Å². The summed E-state index contributed by atoms with van der Waals surface area (Å²) in [7, 11) is 0. The predicted octanol–water partition coefficient (Wildman–Crippen LogP) is 5.75. The van der Waals surface area contributed by atoms with Crippen molar-refractivity contribution in [3.63, 3.8) is 0 Å². The van der Waals surface area contributed by atoms with Gasteiger partial charge in [-0.2, -0.15) is 13.2 Å². The molecule has 0 saturated heterocycles. The molecule has 2 heterocycles. The van der Waals surface area contributed by atoms with E-state index in [4.69, 9.17) is 17.3 Å². The van der Waals surface area contributed by atoms with Crippen molar-refractivity contribution in [1.29, 1.82) is 0 Å². The molecule has 1 unspecified atom stereocenters. The first-order valence-electron chi connectivity index (χ1n) is 10.2. The van der Waals surface area contributed by atoms with E-state index < -0.39 is 35.4 Å². The molecule has 0 spiro atoms. The Kier molecular flexibility index (Phi) is 7.08. The number of nitrogens with zero attached hydrogens (tertiary/aromatic N) is 2. The van der Waals surface area contributed by atoms with E-state index in [1.54, 1.807) is 26.8 Å². The van der Waals surface area contributed by atoms with Crippen LogP contribution in [0.1, 0.15) is 47.5 Å². The highest BCUT2D eigenvalue weighted by molar-refractivity contribution is 7.09. The summed E-state index contributed by atoms with van der Waals surface area (Å²) in [6, 6.07) is 6.59. The average molecular weight is 515 g/mol. The van der Waals surface area contributed by atoms with Crippen LogP contribution < -0.4 is 11.1 Å². The number of rotatable bonds is 6. The number of aromatic nitrogens is 2. The molecule has 0 bridgehead atoms. The van der Waals surface area contributed by atoms with Crippen LogP contribution in [0, 0.1) is 12.7 Å². The molecule has 3 rings (SSSR count). The lowest BCUT2D eigenvalue weighted by Crippen LogP contribution is -2.49. The van der Waals surface area contributed by atoms with Crippen molar-refractivity contribution >= 4 is 28.8 Å². The lowest BCUT2D eigenvalue weighted by molar-refractivity contribution is -0.184. The van der Waals surface area contributed by atoms with Crippen molar-refractivity contribution in [3.05, 3.63) is 68.5 Å². The van der Waals surface area contributed by atoms with E-state index in [0.29, 0.717) is 16.1 Å². The van der Waals surface area contributed by atoms with Crippen molar-refractivity contribution in [2.24, 2.45) is 5.73 Å². The van der Waals surface area contributed by atoms with Gasteiger partial charge < -0.3 is 11.1 Å². The molecular formula is C23H23ClF4N4OS. The summed E-state index contributed by atoms with van der Waals surface area (Å²) < 4.78 is 56.9. The fourth-order valence-electron chi connectivity index (χ4n) is 3.14. The van der Waals surface area contributed by atoms with Crippen LogP contribution in [0.15, 0.2) is 35.7 Å². The van der Waals surface area contributed by atoms with Crippen LogP contribution in [0.4, 0.5) is 17.6 Å². The molecule has 0 aliphatic heterocycles. The molecule has 2 aromatic heterocycles. The van der Waals surface area contributed by atoms with Gasteiger partial charge in [-0.15, -0.1) is 11.3 Å². The fourth-order valence-corrected chi connectivity index (χ4v) is 3.91. The first kappa shape index (κ1) is 26.1. The molecule has 0 saturated carbocycles. The number of nitrogens with two attached hydrogens (primary N) is 1. The van der Waals surface area contributed by atoms with Crippen LogP contribution in [0.25, 0.3) is 11.3 Å². The first-order valence-corrected chi connectivity index (χ1v) is 11.4. The Morgan fingerprint density at radius 1 is 1.15 bits per heavy atom. The predicted molar refractivity (Wildman–Crippen MR) is 124 cm³/mol. The molecule has 5 nitrogen and oxygen atoms in total. The molecule has 1 amide bonds. The third-order valence-electron chi connectivity index (χ3n) is 5.43. The van der Waals surface area contributed by atoms with E-state index in [9.17, 15) is 22.4 Å². The standard InChI is InChI=1S/C23H23ClF4N4OS/c1-12-31-18(10-34-12)20(33)30-11-22(4,23(26,27)28)19-9-14(21(2,3)29)8-17(32-19)13-5-6-16(25)15(24)7-13/h5-10H,11,29H2,1-4H3,(H,30,33). The summed E-state index contributed by atoms with van der Waals surface area (Å²) in [6.45, 7) is 5.15. The lowest BCUT2D eigenvalue weighted by Gasteiger charge is -2.33. The van der Waals surface area contributed by atoms with E-state index in [2.05, 4.69) is 15.3 Å². The van der Waals surface area contributed by atoms with Crippen LogP contribution in [0.2, 0.25) is 5.02 Å². The number of thiazole rings is 1. The number of pyridine rings is 1. The Labute approximate surface area is 203 Å². The Balaban J connectivity index is 2.10. The van der Waals surface area contributed by atoms with Gasteiger partial charge in [0, 0.05) is 23.0 Å². The van der Waals surface area contributed by atoms with Gasteiger partial charge in [0.15, 0.2) is 0 Å². The molecule has 3 N–H and O–H groups in total. The van der Waals surface area contributed by atoms with E-state index >= 15 is 0 Å². The van der Waals surface area contributed by atoms with E-state index in [0.717, 1.165) is 13.0 Å². The zero-order valence-electron chi connectivity index (χ0n) is 18.8. The molecule has 1 aromatic carbocycles.